The molecule has 1 aromatic carbocycles. The summed E-state index contributed by atoms with van der Waals surface area (Å²) in [6.45, 7) is 6.14. The molecule has 0 spiro atoms. The SMILES string of the molecule is CC(C)(C)C(CCO)NC(=O)C/C=C/c1ccc(F)cc1. The lowest BCUT2D eigenvalue weighted by atomic mass is 9.85. The van der Waals surface area contributed by atoms with Crippen molar-refractivity contribution in [2.75, 3.05) is 6.61 Å². The lowest BCUT2D eigenvalue weighted by molar-refractivity contribution is -0.121. The number of carbonyl (C=O) groups excluding carboxylic acids is 1. The largest absolute Gasteiger partial charge is 0.396 e. The molecule has 116 valence electrons. The summed E-state index contributed by atoms with van der Waals surface area (Å²) in [5, 5.41) is 12.0. The third-order valence-electron chi connectivity index (χ3n) is 3.28. The Morgan fingerprint density at radius 1 is 1.33 bits per heavy atom. The molecule has 0 bridgehead atoms. The van der Waals surface area contributed by atoms with Crippen molar-refractivity contribution < 1.29 is 14.3 Å². The predicted octanol–water partition coefficient (Wildman–Crippen LogP) is 3.14. The van der Waals surface area contributed by atoms with Gasteiger partial charge in [0.05, 0.1) is 0 Å². The van der Waals surface area contributed by atoms with Gasteiger partial charge in [-0.1, -0.05) is 45.1 Å². The van der Waals surface area contributed by atoms with Crippen molar-refractivity contribution in [2.24, 2.45) is 5.41 Å². The maximum absolute atomic E-state index is 12.8. The number of aliphatic hydroxyl groups excluding tert-OH is 1. The zero-order chi connectivity index (χ0) is 15.9. The first-order valence-electron chi connectivity index (χ1n) is 7.15. The summed E-state index contributed by atoms with van der Waals surface area (Å²) in [5.41, 5.74) is 0.755. The van der Waals surface area contributed by atoms with Crippen molar-refractivity contribution in [3.05, 3.63) is 41.7 Å². The minimum Gasteiger partial charge on any atom is -0.396 e. The Morgan fingerprint density at radius 2 is 1.95 bits per heavy atom. The number of halogens is 1. The van der Waals surface area contributed by atoms with Crippen molar-refractivity contribution in [3.63, 3.8) is 0 Å². The summed E-state index contributed by atoms with van der Waals surface area (Å²) in [6.07, 6.45) is 4.34. The number of nitrogens with one attached hydrogen (secondary N) is 1. The van der Waals surface area contributed by atoms with Crippen LogP contribution in [-0.4, -0.2) is 23.7 Å². The molecule has 21 heavy (non-hydrogen) atoms. The highest BCUT2D eigenvalue weighted by atomic mass is 19.1. The van der Waals surface area contributed by atoms with Crippen LogP contribution in [0.3, 0.4) is 0 Å². The maximum Gasteiger partial charge on any atom is 0.224 e. The highest BCUT2D eigenvalue weighted by molar-refractivity contribution is 5.78. The zero-order valence-corrected chi connectivity index (χ0v) is 12.9. The molecular weight excluding hydrogens is 269 g/mol. The van der Waals surface area contributed by atoms with Gasteiger partial charge >= 0.3 is 0 Å². The molecule has 0 aliphatic heterocycles. The minimum atomic E-state index is -0.276. The Morgan fingerprint density at radius 3 is 2.48 bits per heavy atom. The van der Waals surface area contributed by atoms with E-state index < -0.39 is 0 Å². The van der Waals surface area contributed by atoms with Crippen LogP contribution in [0.25, 0.3) is 6.08 Å². The van der Waals surface area contributed by atoms with E-state index in [1.54, 1.807) is 24.3 Å². The van der Waals surface area contributed by atoms with E-state index in [-0.39, 0.29) is 36.2 Å². The number of benzene rings is 1. The normalized spacial score (nSPS) is 13.4. The van der Waals surface area contributed by atoms with Crippen molar-refractivity contribution in [3.8, 4) is 0 Å². The van der Waals surface area contributed by atoms with E-state index in [1.165, 1.54) is 12.1 Å². The second kappa shape index (κ2) is 7.93. The van der Waals surface area contributed by atoms with Crippen molar-refractivity contribution in [1.82, 2.24) is 5.32 Å². The van der Waals surface area contributed by atoms with Gasteiger partial charge in [0.25, 0.3) is 0 Å². The standard InChI is InChI=1S/C17H24FNO2/c1-17(2,3)15(11-12-20)19-16(21)6-4-5-13-7-9-14(18)10-8-13/h4-5,7-10,15,20H,6,11-12H2,1-3H3,(H,19,21)/b5-4+. The molecule has 1 unspecified atom stereocenters. The second-order valence-corrected chi connectivity index (χ2v) is 6.16. The van der Waals surface area contributed by atoms with Crippen LogP contribution in [0.2, 0.25) is 0 Å². The van der Waals surface area contributed by atoms with Gasteiger partial charge in [-0.2, -0.15) is 0 Å². The van der Waals surface area contributed by atoms with Gasteiger partial charge in [-0.3, -0.25) is 4.79 Å². The maximum atomic E-state index is 12.8. The topological polar surface area (TPSA) is 49.3 Å². The third-order valence-corrected chi connectivity index (χ3v) is 3.28. The van der Waals surface area contributed by atoms with E-state index in [1.807, 2.05) is 20.8 Å². The van der Waals surface area contributed by atoms with Crippen LogP contribution in [-0.2, 0) is 4.79 Å². The predicted molar refractivity (Wildman–Crippen MR) is 83.1 cm³/mol. The Kier molecular flexibility index (Phi) is 6.56. The van der Waals surface area contributed by atoms with Crippen LogP contribution >= 0.6 is 0 Å². The molecule has 0 aromatic heterocycles. The van der Waals surface area contributed by atoms with Crippen LogP contribution < -0.4 is 5.32 Å². The van der Waals surface area contributed by atoms with Gasteiger partial charge in [0.15, 0.2) is 0 Å². The third kappa shape index (κ3) is 6.54. The molecule has 1 aromatic rings. The molecule has 0 heterocycles. The first kappa shape index (κ1) is 17.4. The molecule has 0 aliphatic carbocycles. The molecule has 2 N–H and O–H groups in total. The Balaban J connectivity index is 2.51. The van der Waals surface area contributed by atoms with Crippen LogP contribution in [0.4, 0.5) is 4.39 Å². The summed E-state index contributed by atoms with van der Waals surface area (Å²) in [6, 6.07) is 6.03. The molecule has 3 nitrogen and oxygen atoms in total. The number of carbonyl (C=O) groups is 1. The van der Waals surface area contributed by atoms with E-state index in [4.69, 9.17) is 5.11 Å². The molecule has 1 rings (SSSR count). The Bertz CT molecular complexity index is 475. The first-order chi connectivity index (χ1) is 9.82. The molecule has 0 radical (unpaired) electrons. The molecule has 0 saturated heterocycles. The Labute approximate surface area is 125 Å². The fourth-order valence-electron chi connectivity index (χ4n) is 1.98. The van der Waals surface area contributed by atoms with E-state index in [2.05, 4.69) is 5.32 Å². The fourth-order valence-corrected chi connectivity index (χ4v) is 1.98. The number of rotatable bonds is 6. The van der Waals surface area contributed by atoms with Gasteiger partial charge in [0.1, 0.15) is 5.82 Å². The summed E-state index contributed by atoms with van der Waals surface area (Å²) >= 11 is 0. The average Bonchev–Trinajstić information content (AvgIpc) is 2.39. The molecule has 0 saturated carbocycles. The van der Waals surface area contributed by atoms with Crippen molar-refractivity contribution in [1.29, 1.82) is 0 Å². The smallest absolute Gasteiger partial charge is 0.224 e. The van der Waals surface area contributed by atoms with Gasteiger partial charge in [0, 0.05) is 19.1 Å². The van der Waals surface area contributed by atoms with E-state index in [0.29, 0.717) is 6.42 Å². The number of aliphatic hydroxyl groups is 1. The molecule has 1 amide bonds. The van der Waals surface area contributed by atoms with Gasteiger partial charge in [0.2, 0.25) is 5.91 Å². The van der Waals surface area contributed by atoms with Crippen molar-refractivity contribution in [2.45, 2.75) is 39.7 Å². The van der Waals surface area contributed by atoms with Crippen LogP contribution in [0.1, 0.15) is 39.2 Å². The average molecular weight is 293 g/mol. The molecule has 0 aliphatic rings. The van der Waals surface area contributed by atoms with E-state index in [9.17, 15) is 9.18 Å². The lowest BCUT2D eigenvalue weighted by Gasteiger charge is -2.31. The summed E-state index contributed by atoms with van der Waals surface area (Å²) < 4.78 is 12.8. The summed E-state index contributed by atoms with van der Waals surface area (Å²) in [7, 11) is 0. The zero-order valence-electron chi connectivity index (χ0n) is 12.9. The second-order valence-electron chi connectivity index (χ2n) is 6.16. The summed E-state index contributed by atoms with van der Waals surface area (Å²) in [5.74, 6) is -0.358. The highest BCUT2D eigenvalue weighted by Crippen LogP contribution is 2.21. The molecule has 1 atom stereocenters. The fraction of sp³-hybridized carbons (Fsp3) is 0.471. The van der Waals surface area contributed by atoms with Gasteiger partial charge in [-0.05, 0) is 29.5 Å². The number of hydrogen-bond acceptors (Lipinski definition) is 2. The van der Waals surface area contributed by atoms with Crippen LogP contribution in [0.15, 0.2) is 30.3 Å². The lowest BCUT2D eigenvalue weighted by Crippen LogP contribution is -2.44. The minimum absolute atomic E-state index is 0.0492. The van der Waals surface area contributed by atoms with Crippen LogP contribution in [0.5, 0.6) is 0 Å². The highest BCUT2D eigenvalue weighted by Gasteiger charge is 2.25. The molecule has 4 heteroatoms. The van der Waals surface area contributed by atoms with Gasteiger partial charge in [-0.25, -0.2) is 4.39 Å². The Hall–Kier alpha value is -1.68. The number of hydrogen-bond donors (Lipinski definition) is 2. The molecular formula is C17H24FNO2. The molecule has 0 fully saturated rings. The quantitative estimate of drug-likeness (QED) is 0.846. The first-order valence-corrected chi connectivity index (χ1v) is 7.15. The van der Waals surface area contributed by atoms with Crippen LogP contribution in [0, 0.1) is 11.2 Å². The van der Waals surface area contributed by atoms with Gasteiger partial charge < -0.3 is 10.4 Å². The summed E-state index contributed by atoms with van der Waals surface area (Å²) in [4.78, 5) is 11.9. The monoisotopic (exact) mass is 293 g/mol. The van der Waals surface area contributed by atoms with E-state index in [0.717, 1.165) is 5.56 Å². The van der Waals surface area contributed by atoms with E-state index >= 15 is 0 Å². The van der Waals surface area contributed by atoms with Gasteiger partial charge in [-0.15, -0.1) is 0 Å². The number of amides is 1. The van der Waals surface area contributed by atoms with Crippen molar-refractivity contribution >= 4 is 12.0 Å².